The number of aliphatic imine (C=N–C) groups is 1. The van der Waals surface area contributed by atoms with E-state index in [-0.39, 0.29) is 0 Å². The molecule has 1 unspecified atom stereocenters. The van der Waals surface area contributed by atoms with Crippen molar-refractivity contribution in [1.82, 2.24) is 9.80 Å². The van der Waals surface area contributed by atoms with E-state index in [0.717, 1.165) is 44.6 Å². The molecule has 0 radical (unpaired) electrons. The number of guanidine groups is 1. The zero-order chi connectivity index (χ0) is 12.3. The molecule has 1 aliphatic heterocycles. The van der Waals surface area contributed by atoms with Gasteiger partial charge in [-0.1, -0.05) is 20.3 Å². The van der Waals surface area contributed by atoms with E-state index in [9.17, 15) is 0 Å². The van der Waals surface area contributed by atoms with Gasteiger partial charge in [0.15, 0.2) is 5.96 Å². The van der Waals surface area contributed by atoms with Crippen LogP contribution in [0.1, 0.15) is 33.1 Å². The van der Waals surface area contributed by atoms with Crippen LogP contribution in [0.25, 0.3) is 0 Å². The van der Waals surface area contributed by atoms with Crippen molar-refractivity contribution in [3.8, 4) is 0 Å². The van der Waals surface area contributed by atoms with Crippen LogP contribution in [0.3, 0.4) is 0 Å². The van der Waals surface area contributed by atoms with Gasteiger partial charge in [-0.3, -0.25) is 4.99 Å². The first-order valence-corrected chi connectivity index (χ1v) is 7.05. The maximum Gasteiger partial charge on any atom is 0.191 e. The average Bonchev–Trinajstić information content (AvgIpc) is 2.60. The van der Waals surface area contributed by atoms with Crippen molar-refractivity contribution in [2.45, 2.75) is 39.2 Å². The van der Waals surface area contributed by atoms with Gasteiger partial charge in [-0.05, 0) is 31.8 Å². The number of nitrogens with zero attached hydrogens (tertiary/aromatic N) is 3. The quantitative estimate of drug-likeness (QED) is 0.754. The molecule has 2 aliphatic rings. The second kappa shape index (κ2) is 5.71. The number of likely N-dealkylation sites (N-methyl/N-ethyl adjacent to an activating group) is 1. The van der Waals surface area contributed by atoms with Crippen molar-refractivity contribution >= 4 is 5.96 Å². The van der Waals surface area contributed by atoms with Crippen LogP contribution in [0.4, 0.5) is 0 Å². The van der Waals surface area contributed by atoms with Gasteiger partial charge in [0.2, 0.25) is 0 Å². The van der Waals surface area contributed by atoms with E-state index < -0.39 is 0 Å². The lowest BCUT2D eigenvalue weighted by molar-refractivity contribution is 0.156. The molecular formula is C13H26N4. The molecule has 0 bridgehead atoms. The van der Waals surface area contributed by atoms with Crippen molar-refractivity contribution in [3.63, 3.8) is 0 Å². The van der Waals surface area contributed by atoms with Crippen LogP contribution in [-0.2, 0) is 0 Å². The average molecular weight is 238 g/mol. The van der Waals surface area contributed by atoms with Crippen LogP contribution in [0.15, 0.2) is 4.99 Å². The van der Waals surface area contributed by atoms with Crippen molar-refractivity contribution in [1.29, 1.82) is 0 Å². The molecule has 2 rings (SSSR count). The van der Waals surface area contributed by atoms with E-state index >= 15 is 0 Å². The summed E-state index contributed by atoms with van der Waals surface area (Å²) < 4.78 is 0. The normalized spacial score (nSPS) is 25.2. The van der Waals surface area contributed by atoms with Crippen molar-refractivity contribution in [2.24, 2.45) is 16.6 Å². The Kier molecular flexibility index (Phi) is 4.26. The number of nitrogens with two attached hydrogens (primary N) is 1. The lowest BCUT2D eigenvalue weighted by atomic mass is 9.79. The van der Waals surface area contributed by atoms with Gasteiger partial charge in [-0.15, -0.1) is 0 Å². The summed E-state index contributed by atoms with van der Waals surface area (Å²) in [7, 11) is 0. The molecule has 1 atom stereocenters. The smallest absolute Gasteiger partial charge is 0.191 e. The summed E-state index contributed by atoms with van der Waals surface area (Å²) in [5.74, 6) is 1.62. The minimum absolute atomic E-state index is 0.597. The third-order valence-corrected chi connectivity index (χ3v) is 4.38. The molecular weight excluding hydrogens is 212 g/mol. The van der Waals surface area contributed by atoms with Crippen LogP contribution < -0.4 is 5.73 Å². The van der Waals surface area contributed by atoms with E-state index in [1.807, 2.05) is 0 Å². The third kappa shape index (κ3) is 2.73. The fourth-order valence-corrected chi connectivity index (χ4v) is 2.84. The highest BCUT2D eigenvalue weighted by Gasteiger charge is 2.35. The summed E-state index contributed by atoms with van der Waals surface area (Å²) in [5, 5.41) is 0. The Labute approximate surface area is 105 Å². The molecule has 17 heavy (non-hydrogen) atoms. The molecule has 0 aromatic heterocycles. The largest absolute Gasteiger partial charge is 0.370 e. The van der Waals surface area contributed by atoms with Gasteiger partial charge in [0.05, 0.1) is 12.6 Å². The molecule has 0 aromatic carbocycles. The lowest BCUT2D eigenvalue weighted by Gasteiger charge is -2.38. The van der Waals surface area contributed by atoms with Crippen molar-refractivity contribution in [3.05, 3.63) is 0 Å². The predicted octanol–water partition coefficient (Wildman–Crippen LogP) is 1.13. The molecule has 0 amide bonds. The minimum Gasteiger partial charge on any atom is -0.370 e. The summed E-state index contributed by atoms with van der Waals surface area (Å²) in [5.41, 5.74) is 6.01. The monoisotopic (exact) mass is 238 g/mol. The highest BCUT2D eigenvalue weighted by molar-refractivity contribution is 5.80. The number of rotatable bonds is 6. The van der Waals surface area contributed by atoms with Gasteiger partial charge in [-0.25, -0.2) is 0 Å². The first kappa shape index (κ1) is 12.7. The molecule has 0 aromatic rings. The van der Waals surface area contributed by atoms with E-state index in [1.165, 1.54) is 19.3 Å². The maximum absolute atomic E-state index is 6.01. The Morgan fingerprint density at radius 2 is 2.06 bits per heavy atom. The van der Waals surface area contributed by atoms with Crippen LogP contribution >= 0.6 is 0 Å². The molecule has 98 valence electrons. The summed E-state index contributed by atoms with van der Waals surface area (Å²) in [6, 6.07) is 0.597. The molecule has 4 heteroatoms. The number of hydrogen-bond donors (Lipinski definition) is 1. The standard InChI is InChI=1S/C13H26N4/c1-3-16(4-2)8-9-17-12(10-15-13(17)14)11-6-5-7-11/h11-12H,3-10H2,1-2H3,(H2,14,15). The fraction of sp³-hybridized carbons (Fsp3) is 0.923. The lowest BCUT2D eigenvalue weighted by Crippen LogP contribution is -2.49. The van der Waals surface area contributed by atoms with Gasteiger partial charge >= 0.3 is 0 Å². The molecule has 1 saturated carbocycles. The number of hydrogen-bond acceptors (Lipinski definition) is 4. The summed E-state index contributed by atoms with van der Waals surface area (Å²) in [6.07, 6.45) is 4.13. The van der Waals surface area contributed by atoms with Crippen molar-refractivity contribution in [2.75, 3.05) is 32.7 Å². The zero-order valence-corrected chi connectivity index (χ0v) is 11.2. The predicted molar refractivity (Wildman–Crippen MR) is 72.1 cm³/mol. The van der Waals surface area contributed by atoms with Gasteiger partial charge in [0.1, 0.15) is 0 Å². The SMILES string of the molecule is CCN(CC)CCN1C(N)=NCC1C1CCC1. The first-order valence-electron chi connectivity index (χ1n) is 7.05. The molecule has 1 heterocycles. The second-order valence-corrected chi connectivity index (χ2v) is 5.18. The highest BCUT2D eigenvalue weighted by atomic mass is 15.3. The first-order chi connectivity index (χ1) is 8.26. The second-order valence-electron chi connectivity index (χ2n) is 5.18. The van der Waals surface area contributed by atoms with Crippen LogP contribution in [0.2, 0.25) is 0 Å². The van der Waals surface area contributed by atoms with Gasteiger partial charge in [0.25, 0.3) is 0 Å². The summed E-state index contributed by atoms with van der Waals surface area (Å²) in [6.45, 7) is 9.74. The highest BCUT2D eigenvalue weighted by Crippen LogP contribution is 2.33. The van der Waals surface area contributed by atoms with Gasteiger partial charge in [0, 0.05) is 13.1 Å². The van der Waals surface area contributed by atoms with Crippen LogP contribution in [0.5, 0.6) is 0 Å². The molecule has 1 fully saturated rings. The molecule has 4 nitrogen and oxygen atoms in total. The molecule has 0 spiro atoms. The third-order valence-electron chi connectivity index (χ3n) is 4.38. The summed E-state index contributed by atoms with van der Waals surface area (Å²) >= 11 is 0. The molecule has 0 saturated heterocycles. The van der Waals surface area contributed by atoms with Gasteiger partial charge in [-0.2, -0.15) is 0 Å². The van der Waals surface area contributed by atoms with E-state index in [1.54, 1.807) is 0 Å². The Balaban J connectivity index is 1.85. The van der Waals surface area contributed by atoms with E-state index in [0.29, 0.717) is 6.04 Å². The Morgan fingerprint density at radius 1 is 1.35 bits per heavy atom. The fourth-order valence-electron chi connectivity index (χ4n) is 2.84. The van der Waals surface area contributed by atoms with E-state index in [2.05, 4.69) is 28.6 Å². The molecule has 2 N–H and O–H groups in total. The topological polar surface area (TPSA) is 44.9 Å². The van der Waals surface area contributed by atoms with Crippen LogP contribution in [-0.4, -0.2) is 54.5 Å². The maximum atomic E-state index is 6.01. The van der Waals surface area contributed by atoms with Gasteiger partial charge < -0.3 is 15.5 Å². The van der Waals surface area contributed by atoms with E-state index in [4.69, 9.17) is 5.73 Å². The summed E-state index contributed by atoms with van der Waals surface area (Å²) in [4.78, 5) is 9.23. The Morgan fingerprint density at radius 3 is 2.59 bits per heavy atom. The zero-order valence-electron chi connectivity index (χ0n) is 11.2. The Bertz CT molecular complexity index is 269. The van der Waals surface area contributed by atoms with Crippen LogP contribution in [0, 0.1) is 5.92 Å². The molecule has 1 aliphatic carbocycles. The minimum atomic E-state index is 0.597. The Hall–Kier alpha value is -0.770. The van der Waals surface area contributed by atoms with Crippen molar-refractivity contribution < 1.29 is 0 Å².